The Morgan fingerprint density at radius 3 is 2.78 bits per heavy atom. The van der Waals surface area contributed by atoms with Crippen LogP contribution in [0.3, 0.4) is 0 Å². The maximum atomic E-state index is 13.8. The van der Waals surface area contributed by atoms with E-state index in [1.165, 1.54) is 36.5 Å². The van der Waals surface area contributed by atoms with Gasteiger partial charge in [-0.25, -0.2) is 9.38 Å². The van der Waals surface area contributed by atoms with E-state index in [1.54, 1.807) is 6.08 Å². The van der Waals surface area contributed by atoms with E-state index >= 15 is 0 Å². The number of Topliss-reactive ketones (excluding diaryl/α,β-unsaturated/α-hetero) is 1. The number of rotatable bonds is 5. The van der Waals surface area contributed by atoms with Gasteiger partial charge in [0.25, 0.3) is 0 Å². The lowest BCUT2D eigenvalue weighted by Gasteiger charge is -2.24. The van der Waals surface area contributed by atoms with E-state index in [0.29, 0.717) is 0 Å². The molecule has 2 aliphatic rings. The Morgan fingerprint density at radius 2 is 2.11 bits per heavy atom. The monoisotopic (exact) mass is 380 g/mol. The highest BCUT2D eigenvalue weighted by Crippen LogP contribution is 2.38. The van der Waals surface area contributed by atoms with Crippen LogP contribution in [0, 0.1) is 5.92 Å². The fourth-order valence-electron chi connectivity index (χ4n) is 3.18. The number of fused-ring (bicyclic) bond motifs is 1. The number of pyridine rings is 1. The smallest absolute Gasteiger partial charge is 0.397 e. The normalized spacial score (nSPS) is 20.7. The fourth-order valence-corrected chi connectivity index (χ4v) is 3.18. The van der Waals surface area contributed by atoms with Crippen molar-refractivity contribution in [2.45, 2.75) is 31.4 Å². The Balaban J connectivity index is 1.75. The van der Waals surface area contributed by atoms with Crippen LogP contribution in [0.25, 0.3) is 0 Å². The summed E-state index contributed by atoms with van der Waals surface area (Å²) in [5.41, 5.74) is -0.214. The average molecular weight is 380 g/mol. The van der Waals surface area contributed by atoms with Gasteiger partial charge in [0.15, 0.2) is 5.78 Å². The van der Waals surface area contributed by atoms with Gasteiger partial charge in [-0.05, 0) is 24.6 Å². The van der Waals surface area contributed by atoms with E-state index < -0.39 is 48.3 Å². The van der Waals surface area contributed by atoms with Gasteiger partial charge in [0.1, 0.15) is 5.83 Å². The number of nitrogens with zero attached hydrogens (tertiary/aromatic N) is 2. The molecule has 0 spiro atoms. The van der Waals surface area contributed by atoms with E-state index in [9.17, 15) is 27.5 Å². The molecule has 0 saturated carbocycles. The summed E-state index contributed by atoms with van der Waals surface area (Å²) in [6.07, 6.45) is 0.123. The van der Waals surface area contributed by atoms with Crippen molar-refractivity contribution in [1.82, 2.24) is 4.98 Å². The molecule has 0 saturated heterocycles. The van der Waals surface area contributed by atoms with Crippen molar-refractivity contribution in [3.8, 4) is 0 Å². The second-order valence-electron chi connectivity index (χ2n) is 6.32. The highest BCUT2D eigenvalue weighted by atomic mass is 19.4. The molecule has 142 valence electrons. The van der Waals surface area contributed by atoms with Gasteiger partial charge in [0, 0.05) is 25.0 Å². The van der Waals surface area contributed by atoms with E-state index in [2.05, 4.69) is 9.98 Å². The SMILES string of the molecule is O=C(CCC(c1ccccn1)C(F)(F)F)C1=NC(O)=C2C(F)=CC=CC2C1. The highest BCUT2D eigenvalue weighted by Gasteiger charge is 2.42. The van der Waals surface area contributed by atoms with E-state index in [-0.39, 0.29) is 23.4 Å². The quantitative estimate of drug-likeness (QED) is 0.751. The second-order valence-corrected chi connectivity index (χ2v) is 6.32. The number of carbonyl (C=O) groups is 1. The van der Waals surface area contributed by atoms with E-state index in [0.717, 1.165) is 0 Å². The van der Waals surface area contributed by atoms with Gasteiger partial charge in [0.2, 0.25) is 5.88 Å². The molecule has 0 aromatic carbocycles. The van der Waals surface area contributed by atoms with Crippen LogP contribution in [-0.2, 0) is 4.79 Å². The van der Waals surface area contributed by atoms with Crippen molar-refractivity contribution in [3.63, 3.8) is 0 Å². The summed E-state index contributed by atoms with van der Waals surface area (Å²) in [5.74, 6) is -4.27. The summed E-state index contributed by atoms with van der Waals surface area (Å²) in [5, 5.41) is 9.91. The molecule has 1 aromatic heterocycles. The summed E-state index contributed by atoms with van der Waals surface area (Å²) >= 11 is 0. The lowest BCUT2D eigenvalue weighted by atomic mass is 9.85. The van der Waals surface area contributed by atoms with E-state index in [1.807, 2.05) is 0 Å². The Bertz CT molecular complexity index is 854. The number of carbonyl (C=O) groups excluding carboxylic acids is 1. The van der Waals surface area contributed by atoms with Crippen LogP contribution in [0.15, 0.2) is 64.9 Å². The molecule has 4 nitrogen and oxygen atoms in total. The number of aliphatic hydroxyl groups excluding tert-OH is 1. The Kier molecular flexibility index (Phi) is 5.25. The zero-order valence-corrected chi connectivity index (χ0v) is 14.1. The molecule has 2 atom stereocenters. The molecule has 1 N–H and O–H groups in total. The van der Waals surface area contributed by atoms with Crippen molar-refractivity contribution >= 4 is 11.5 Å². The summed E-state index contributed by atoms with van der Waals surface area (Å²) in [4.78, 5) is 19.8. The third kappa shape index (κ3) is 4.15. The van der Waals surface area contributed by atoms with Crippen LogP contribution >= 0.6 is 0 Å². The average Bonchev–Trinajstić information content (AvgIpc) is 2.61. The maximum Gasteiger partial charge on any atom is 0.397 e. The molecule has 8 heteroatoms. The number of aliphatic hydroxyl groups is 1. The minimum atomic E-state index is -4.54. The predicted molar refractivity (Wildman–Crippen MR) is 90.8 cm³/mol. The van der Waals surface area contributed by atoms with Crippen LogP contribution in [0.1, 0.15) is 30.9 Å². The number of aromatic nitrogens is 1. The second kappa shape index (κ2) is 7.46. The number of halogens is 4. The van der Waals surface area contributed by atoms with Gasteiger partial charge in [-0.1, -0.05) is 18.2 Å². The van der Waals surface area contributed by atoms with Gasteiger partial charge < -0.3 is 5.11 Å². The van der Waals surface area contributed by atoms with Crippen molar-refractivity contribution < 1.29 is 27.5 Å². The minimum Gasteiger partial charge on any atom is -0.493 e. The molecular weight excluding hydrogens is 364 g/mol. The highest BCUT2D eigenvalue weighted by molar-refractivity contribution is 6.40. The van der Waals surface area contributed by atoms with Crippen molar-refractivity contribution in [2.24, 2.45) is 10.9 Å². The number of allylic oxidation sites excluding steroid dienone is 5. The first-order valence-corrected chi connectivity index (χ1v) is 8.33. The molecule has 0 bridgehead atoms. The zero-order chi connectivity index (χ0) is 19.6. The molecule has 3 rings (SSSR count). The van der Waals surface area contributed by atoms with Crippen LogP contribution in [0.4, 0.5) is 17.6 Å². The Labute approximate surface area is 152 Å². The number of hydrogen-bond acceptors (Lipinski definition) is 4. The maximum absolute atomic E-state index is 13.8. The molecule has 1 aliphatic heterocycles. The zero-order valence-electron chi connectivity index (χ0n) is 14.1. The fraction of sp³-hybridized carbons (Fsp3) is 0.316. The molecule has 0 radical (unpaired) electrons. The molecule has 1 aliphatic carbocycles. The number of alkyl halides is 3. The van der Waals surface area contributed by atoms with Crippen LogP contribution in [-0.4, -0.2) is 27.8 Å². The van der Waals surface area contributed by atoms with Gasteiger partial charge >= 0.3 is 6.18 Å². The summed E-state index contributed by atoms with van der Waals surface area (Å²) in [6.45, 7) is 0. The van der Waals surface area contributed by atoms with Crippen LogP contribution < -0.4 is 0 Å². The topological polar surface area (TPSA) is 62.5 Å². The molecular formula is C19H16F4N2O2. The lowest BCUT2D eigenvalue weighted by Crippen LogP contribution is -2.27. The number of ketones is 1. The molecule has 27 heavy (non-hydrogen) atoms. The molecule has 2 heterocycles. The largest absolute Gasteiger partial charge is 0.493 e. The number of aliphatic imine (C=N–C) groups is 1. The number of hydrogen-bond donors (Lipinski definition) is 1. The standard InChI is InChI=1S/C19H16F4N2O2/c20-13-5-3-4-11-10-15(25-18(27)17(11)13)16(26)8-7-12(19(21,22)23)14-6-1-2-9-24-14/h1-6,9,11-12,27H,7-8,10H2. The first-order chi connectivity index (χ1) is 12.8. The molecule has 0 amide bonds. The Morgan fingerprint density at radius 1 is 1.33 bits per heavy atom. The first-order valence-electron chi connectivity index (χ1n) is 8.33. The van der Waals surface area contributed by atoms with Crippen molar-refractivity contribution in [1.29, 1.82) is 0 Å². The first kappa shape index (κ1) is 19.0. The molecule has 2 unspecified atom stereocenters. The van der Waals surface area contributed by atoms with Gasteiger partial charge in [0.05, 0.1) is 22.9 Å². The summed E-state index contributed by atoms with van der Waals surface area (Å²) < 4.78 is 53.8. The third-order valence-corrected chi connectivity index (χ3v) is 4.53. The van der Waals surface area contributed by atoms with Crippen LogP contribution in [0.2, 0.25) is 0 Å². The summed E-state index contributed by atoms with van der Waals surface area (Å²) in [6, 6.07) is 4.23. The summed E-state index contributed by atoms with van der Waals surface area (Å²) in [7, 11) is 0. The molecule has 0 fully saturated rings. The van der Waals surface area contributed by atoms with Gasteiger partial charge in [-0.2, -0.15) is 13.2 Å². The van der Waals surface area contributed by atoms with Crippen LogP contribution in [0.5, 0.6) is 0 Å². The predicted octanol–water partition coefficient (Wildman–Crippen LogP) is 4.73. The van der Waals surface area contributed by atoms with Gasteiger partial charge in [-0.3, -0.25) is 9.78 Å². The molecule has 1 aromatic rings. The minimum absolute atomic E-state index is 0.00398. The van der Waals surface area contributed by atoms with Crippen molar-refractivity contribution in [3.05, 3.63) is 65.6 Å². The third-order valence-electron chi connectivity index (χ3n) is 4.53. The van der Waals surface area contributed by atoms with Gasteiger partial charge in [-0.15, -0.1) is 0 Å². The van der Waals surface area contributed by atoms with E-state index in [4.69, 9.17) is 0 Å². The Hall–Kier alpha value is -2.77. The van der Waals surface area contributed by atoms with Crippen molar-refractivity contribution in [2.75, 3.05) is 0 Å². The lowest BCUT2D eigenvalue weighted by molar-refractivity contribution is -0.153.